The number of nitro groups is 1. The van der Waals surface area contributed by atoms with Gasteiger partial charge in [-0.2, -0.15) is 0 Å². The third-order valence-corrected chi connectivity index (χ3v) is 5.58. The maximum atomic E-state index is 11.6. The Balaban J connectivity index is 2.28. The second-order valence-electron chi connectivity index (χ2n) is 5.36. The van der Waals surface area contributed by atoms with Crippen molar-refractivity contribution in [1.29, 1.82) is 0 Å². The fraction of sp³-hybridized carbons (Fsp3) is 0.188. The lowest BCUT2D eigenvalue weighted by Gasteiger charge is -2.13. The first-order chi connectivity index (χ1) is 12.2. The van der Waals surface area contributed by atoms with Crippen LogP contribution in [0.3, 0.4) is 0 Å². The number of hydrogen-bond acceptors (Lipinski definition) is 6. The number of rotatable bonds is 8. The zero-order valence-corrected chi connectivity index (χ0v) is 15.1. The number of carboxylic acid groups (broad SMARTS) is 1. The van der Waals surface area contributed by atoms with Crippen LogP contribution in [0.1, 0.15) is 17.9 Å². The summed E-state index contributed by atoms with van der Waals surface area (Å²) in [6.45, 7) is 0. The van der Waals surface area contributed by atoms with Gasteiger partial charge in [0.25, 0.3) is 5.69 Å². The molecule has 2 aromatic carbocycles. The van der Waals surface area contributed by atoms with Crippen molar-refractivity contribution in [2.45, 2.75) is 22.1 Å². The number of primary sulfonamides is 1. The molecule has 1 unspecified atom stereocenters. The van der Waals surface area contributed by atoms with Gasteiger partial charge in [0.2, 0.25) is 10.0 Å². The molecule has 2 rings (SSSR count). The summed E-state index contributed by atoms with van der Waals surface area (Å²) in [5.41, 5.74) is -0.628. The molecule has 2 aromatic rings. The summed E-state index contributed by atoms with van der Waals surface area (Å²) in [5.74, 6) is -1.93. The van der Waals surface area contributed by atoms with Crippen molar-refractivity contribution < 1.29 is 23.2 Å². The summed E-state index contributed by atoms with van der Waals surface area (Å²) in [6.07, 6.45) is 0.143. The highest BCUT2D eigenvalue weighted by atomic mass is 32.2. The molecule has 0 bridgehead atoms. The van der Waals surface area contributed by atoms with Crippen LogP contribution in [0.2, 0.25) is 0 Å². The smallest absolute Gasteiger partial charge is 0.311 e. The van der Waals surface area contributed by atoms with E-state index >= 15 is 0 Å². The van der Waals surface area contributed by atoms with E-state index in [0.29, 0.717) is 5.75 Å². The van der Waals surface area contributed by atoms with E-state index in [4.69, 9.17) is 5.14 Å². The minimum atomic E-state index is -4.13. The molecule has 0 heterocycles. The van der Waals surface area contributed by atoms with Gasteiger partial charge in [-0.1, -0.05) is 18.2 Å². The van der Waals surface area contributed by atoms with Crippen LogP contribution in [0.15, 0.2) is 58.3 Å². The molecular formula is C16H16N2O6S2. The van der Waals surface area contributed by atoms with Crippen LogP contribution in [-0.4, -0.2) is 30.2 Å². The van der Waals surface area contributed by atoms with Gasteiger partial charge in [0, 0.05) is 16.5 Å². The largest absolute Gasteiger partial charge is 0.481 e. The Labute approximate surface area is 154 Å². The maximum absolute atomic E-state index is 11.6. The van der Waals surface area contributed by atoms with E-state index in [0.717, 1.165) is 23.1 Å². The number of nitrogens with two attached hydrogens (primary N) is 1. The minimum Gasteiger partial charge on any atom is -0.481 e. The fourth-order valence-corrected chi connectivity index (χ4v) is 3.85. The van der Waals surface area contributed by atoms with Gasteiger partial charge in [-0.25, -0.2) is 13.6 Å². The number of nitro benzene ring substituents is 1. The molecule has 0 fully saturated rings. The third-order valence-electron chi connectivity index (χ3n) is 3.62. The zero-order chi connectivity index (χ0) is 19.3. The molecular weight excluding hydrogens is 380 g/mol. The van der Waals surface area contributed by atoms with E-state index < -0.39 is 37.4 Å². The van der Waals surface area contributed by atoms with Gasteiger partial charge in [0.05, 0.1) is 15.7 Å². The normalized spacial score (nSPS) is 12.5. The molecule has 8 nitrogen and oxygen atoms in total. The average molecular weight is 396 g/mol. The van der Waals surface area contributed by atoms with Crippen molar-refractivity contribution in [3.8, 4) is 0 Å². The van der Waals surface area contributed by atoms with E-state index in [9.17, 15) is 28.4 Å². The highest BCUT2D eigenvalue weighted by molar-refractivity contribution is 7.99. The molecule has 3 N–H and O–H groups in total. The predicted molar refractivity (Wildman–Crippen MR) is 96.6 cm³/mol. The topological polar surface area (TPSA) is 141 Å². The van der Waals surface area contributed by atoms with Crippen molar-refractivity contribution >= 4 is 33.4 Å². The number of carboxylic acids is 1. The Bertz CT molecular complexity index is 916. The number of hydrogen-bond donors (Lipinski definition) is 2. The molecule has 0 amide bonds. The van der Waals surface area contributed by atoms with Crippen LogP contribution in [0.4, 0.5) is 5.69 Å². The molecule has 0 aromatic heterocycles. The lowest BCUT2D eigenvalue weighted by Crippen LogP contribution is -2.16. The number of aliphatic carboxylic acids is 1. The minimum absolute atomic E-state index is 0.0523. The SMILES string of the molecule is NS(=O)(=O)c1ccc(C(CCSc2ccccc2)C(=O)O)c([N+](=O)[O-])c1. The summed E-state index contributed by atoms with van der Waals surface area (Å²) < 4.78 is 22.8. The predicted octanol–water partition coefficient (Wildman–Crippen LogP) is 2.59. The van der Waals surface area contributed by atoms with E-state index in [2.05, 4.69) is 0 Å². The van der Waals surface area contributed by atoms with Crippen molar-refractivity contribution in [3.05, 3.63) is 64.2 Å². The van der Waals surface area contributed by atoms with Gasteiger partial charge in [-0.15, -0.1) is 11.8 Å². The first-order valence-electron chi connectivity index (χ1n) is 7.42. The monoisotopic (exact) mass is 396 g/mol. The first-order valence-corrected chi connectivity index (χ1v) is 9.95. The van der Waals surface area contributed by atoms with E-state index in [1.807, 2.05) is 30.3 Å². The molecule has 0 saturated heterocycles. The lowest BCUT2D eigenvalue weighted by molar-refractivity contribution is -0.385. The lowest BCUT2D eigenvalue weighted by atomic mass is 9.95. The molecule has 138 valence electrons. The molecule has 0 aliphatic carbocycles. The number of carbonyl (C=O) groups is 1. The van der Waals surface area contributed by atoms with Crippen molar-refractivity contribution in [2.24, 2.45) is 5.14 Å². The van der Waals surface area contributed by atoms with Crippen LogP contribution < -0.4 is 5.14 Å². The van der Waals surface area contributed by atoms with E-state index in [-0.39, 0.29) is 12.0 Å². The summed E-state index contributed by atoms with van der Waals surface area (Å²) in [4.78, 5) is 22.6. The average Bonchev–Trinajstić information content (AvgIpc) is 2.58. The van der Waals surface area contributed by atoms with E-state index in [1.54, 1.807) is 0 Å². The van der Waals surface area contributed by atoms with Gasteiger partial charge >= 0.3 is 5.97 Å². The van der Waals surface area contributed by atoms with E-state index in [1.165, 1.54) is 11.8 Å². The van der Waals surface area contributed by atoms with Crippen molar-refractivity contribution in [3.63, 3.8) is 0 Å². The molecule has 0 aliphatic rings. The molecule has 0 spiro atoms. The van der Waals surface area contributed by atoms with Gasteiger partial charge < -0.3 is 5.11 Å². The summed E-state index contributed by atoms with van der Waals surface area (Å²) in [5, 5.41) is 25.8. The number of nitrogens with zero attached hydrogens (tertiary/aromatic N) is 1. The van der Waals surface area contributed by atoms with Crippen molar-refractivity contribution in [1.82, 2.24) is 0 Å². The van der Waals surface area contributed by atoms with Crippen LogP contribution in [0.5, 0.6) is 0 Å². The number of benzene rings is 2. The summed E-state index contributed by atoms with van der Waals surface area (Å²) in [7, 11) is -4.13. The van der Waals surface area contributed by atoms with Gasteiger partial charge in [-0.3, -0.25) is 14.9 Å². The Hall–Kier alpha value is -2.43. The van der Waals surface area contributed by atoms with Crippen LogP contribution in [0.25, 0.3) is 0 Å². The standard InChI is InChI=1S/C16H16N2O6S2/c17-26(23,24)12-6-7-13(15(10-12)18(21)22)14(16(19)20)8-9-25-11-4-2-1-3-5-11/h1-7,10,14H,8-9H2,(H,19,20)(H2,17,23,24). The highest BCUT2D eigenvalue weighted by Gasteiger charge is 2.29. The van der Waals surface area contributed by atoms with Gasteiger partial charge in [0.15, 0.2) is 0 Å². The molecule has 0 aliphatic heterocycles. The third kappa shape index (κ3) is 5.04. The van der Waals surface area contributed by atoms with Crippen LogP contribution in [0, 0.1) is 10.1 Å². The van der Waals surface area contributed by atoms with Crippen LogP contribution >= 0.6 is 11.8 Å². The quantitative estimate of drug-likeness (QED) is 0.397. The Morgan fingerprint density at radius 3 is 2.42 bits per heavy atom. The highest BCUT2D eigenvalue weighted by Crippen LogP contribution is 2.33. The Morgan fingerprint density at radius 1 is 1.23 bits per heavy atom. The number of sulfonamides is 1. The van der Waals surface area contributed by atoms with Crippen molar-refractivity contribution in [2.75, 3.05) is 5.75 Å². The number of thioether (sulfide) groups is 1. The zero-order valence-electron chi connectivity index (χ0n) is 13.4. The van der Waals surface area contributed by atoms with Gasteiger partial charge in [0.1, 0.15) is 0 Å². The Kier molecular flexibility index (Phi) is 6.35. The second-order valence-corrected chi connectivity index (χ2v) is 8.09. The van der Waals surface area contributed by atoms with Crippen LogP contribution in [-0.2, 0) is 14.8 Å². The summed E-state index contributed by atoms with van der Waals surface area (Å²) in [6, 6.07) is 12.3. The molecule has 26 heavy (non-hydrogen) atoms. The fourth-order valence-electron chi connectivity index (χ4n) is 2.38. The summed E-state index contributed by atoms with van der Waals surface area (Å²) >= 11 is 1.43. The Morgan fingerprint density at radius 2 is 1.88 bits per heavy atom. The maximum Gasteiger partial charge on any atom is 0.311 e. The molecule has 0 radical (unpaired) electrons. The first kappa shape index (κ1) is 19.9. The molecule has 10 heteroatoms. The second kappa shape index (κ2) is 8.30. The molecule has 1 atom stereocenters. The van der Waals surface area contributed by atoms with Gasteiger partial charge in [-0.05, 0) is 36.4 Å². The molecule has 0 saturated carbocycles.